The number of aryl methyl sites for hydroxylation is 1. The van der Waals surface area contributed by atoms with Crippen LogP contribution in [0.3, 0.4) is 0 Å². The van der Waals surface area contributed by atoms with E-state index in [2.05, 4.69) is 0 Å². The normalized spacial score (nSPS) is 10.9. The van der Waals surface area contributed by atoms with Crippen molar-refractivity contribution in [2.24, 2.45) is 0 Å². The van der Waals surface area contributed by atoms with E-state index >= 15 is 0 Å². The van der Waals surface area contributed by atoms with Gasteiger partial charge in [0.25, 0.3) is 0 Å². The van der Waals surface area contributed by atoms with Crippen LogP contribution in [0.15, 0.2) is 12.1 Å². The first-order valence-corrected chi connectivity index (χ1v) is 5.91. The number of hydrogen-bond acceptors (Lipinski definition) is 3. The number of carbonyl (C=O) groups is 1. The van der Waals surface area contributed by atoms with Crippen molar-refractivity contribution in [3.8, 4) is 5.75 Å². The topological polar surface area (TPSA) is 60.4 Å². The Kier molecular flexibility index (Phi) is 6.41. The maximum atomic E-state index is 11.0. The first-order chi connectivity index (χ1) is 7.85. The van der Waals surface area contributed by atoms with Crippen molar-refractivity contribution in [2.75, 3.05) is 0 Å². The molecule has 0 fully saturated rings. The van der Waals surface area contributed by atoms with Crippen molar-refractivity contribution >= 4 is 5.97 Å². The van der Waals surface area contributed by atoms with Crippen LogP contribution in [0.1, 0.15) is 55.1 Å². The van der Waals surface area contributed by atoms with Gasteiger partial charge in [0.05, 0.1) is 5.97 Å². The van der Waals surface area contributed by atoms with Gasteiger partial charge in [0.15, 0.2) is 0 Å². The molecule has 3 nitrogen and oxygen atoms in total. The zero-order valence-electron chi connectivity index (χ0n) is 11.8. The predicted octanol–water partition coefficient (Wildman–Crippen LogP) is -0.854. The molecule has 1 N–H and O–H groups in total. The van der Waals surface area contributed by atoms with Gasteiger partial charge in [-0.1, -0.05) is 20.8 Å². The van der Waals surface area contributed by atoms with E-state index in [0.717, 1.165) is 12.8 Å². The smallest absolute Gasteiger partial charge is 0.545 e. The Morgan fingerprint density at radius 2 is 1.83 bits per heavy atom. The largest absolute Gasteiger partial charge is 1.00 e. The zero-order chi connectivity index (χ0) is 13.2. The summed E-state index contributed by atoms with van der Waals surface area (Å²) >= 11 is 0. The summed E-state index contributed by atoms with van der Waals surface area (Å²) in [7, 11) is 0. The number of rotatable bonds is 4. The second-order valence-electron chi connectivity index (χ2n) is 4.74. The summed E-state index contributed by atoms with van der Waals surface area (Å²) in [6.45, 7) is 7.74. The molecule has 0 saturated heterocycles. The Morgan fingerprint density at radius 1 is 1.33 bits per heavy atom. The number of phenolic OH excluding ortho intramolecular Hbond substituents is 1. The van der Waals surface area contributed by atoms with E-state index in [1.807, 2.05) is 20.8 Å². The van der Waals surface area contributed by atoms with Crippen LogP contribution in [0, 0.1) is 6.92 Å². The van der Waals surface area contributed by atoms with E-state index in [9.17, 15) is 15.0 Å². The number of hydrogen-bond donors (Lipinski definition) is 1. The van der Waals surface area contributed by atoms with Gasteiger partial charge in [-0.05, 0) is 42.9 Å². The molecule has 0 bridgehead atoms. The first kappa shape index (κ1) is 17.5. The van der Waals surface area contributed by atoms with Gasteiger partial charge in [0.1, 0.15) is 5.75 Å². The molecule has 0 aliphatic carbocycles. The third-order valence-corrected chi connectivity index (χ3v) is 3.77. The van der Waals surface area contributed by atoms with Crippen molar-refractivity contribution in [1.82, 2.24) is 0 Å². The second kappa shape index (κ2) is 6.60. The number of aromatic carboxylic acids is 1. The van der Waals surface area contributed by atoms with Gasteiger partial charge in [-0.15, -0.1) is 0 Å². The molecule has 4 heteroatoms. The van der Waals surface area contributed by atoms with Gasteiger partial charge in [-0.2, -0.15) is 0 Å². The molecule has 0 heterocycles. The molecule has 18 heavy (non-hydrogen) atoms. The fourth-order valence-corrected chi connectivity index (χ4v) is 2.03. The maximum Gasteiger partial charge on any atom is 1.00 e. The molecule has 94 valence electrons. The third-order valence-electron chi connectivity index (χ3n) is 3.77. The molecule has 0 atom stereocenters. The van der Waals surface area contributed by atoms with Gasteiger partial charge in [-0.25, -0.2) is 0 Å². The molecule has 1 aromatic carbocycles. The van der Waals surface area contributed by atoms with Gasteiger partial charge < -0.3 is 15.0 Å². The SMILES string of the molecule is CCC(C)(CC)c1cc(C(=O)[O-])c(C)cc1O.[Na+]. The Morgan fingerprint density at radius 3 is 2.22 bits per heavy atom. The van der Waals surface area contributed by atoms with Crippen molar-refractivity contribution in [3.63, 3.8) is 0 Å². The fourth-order valence-electron chi connectivity index (χ4n) is 2.03. The van der Waals surface area contributed by atoms with Crippen LogP contribution in [0.25, 0.3) is 0 Å². The summed E-state index contributed by atoms with van der Waals surface area (Å²) in [6, 6.07) is 3.05. The molecule has 1 rings (SSSR count). The standard InChI is InChI=1S/C14H20O3.Na/c1-5-14(4,6-2)11-8-10(13(16)17)9(3)7-12(11)15;/h7-8,15H,5-6H2,1-4H3,(H,16,17);/q;+1/p-1. The van der Waals surface area contributed by atoms with Crippen molar-refractivity contribution in [1.29, 1.82) is 0 Å². The van der Waals surface area contributed by atoms with Crippen molar-refractivity contribution < 1.29 is 44.6 Å². The first-order valence-electron chi connectivity index (χ1n) is 5.91. The Labute approximate surface area is 131 Å². The molecule has 0 aliphatic rings. The van der Waals surface area contributed by atoms with Crippen molar-refractivity contribution in [3.05, 3.63) is 28.8 Å². The fraction of sp³-hybridized carbons (Fsp3) is 0.500. The van der Waals surface area contributed by atoms with Crippen LogP contribution in [-0.4, -0.2) is 11.1 Å². The number of carboxylic acid groups (broad SMARTS) is 1. The Hall–Kier alpha value is -0.510. The molecule has 0 radical (unpaired) electrons. The van der Waals surface area contributed by atoms with E-state index in [1.165, 1.54) is 6.07 Å². The zero-order valence-corrected chi connectivity index (χ0v) is 13.8. The summed E-state index contributed by atoms with van der Waals surface area (Å²) in [4.78, 5) is 11.0. The number of carbonyl (C=O) groups excluding carboxylic acids is 1. The minimum atomic E-state index is -1.20. The van der Waals surface area contributed by atoms with Crippen LogP contribution in [0.2, 0.25) is 0 Å². The maximum absolute atomic E-state index is 11.0. The molecule has 0 unspecified atom stereocenters. The second-order valence-corrected chi connectivity index (χ2v) is 4.74. The van der Waals surface area contributed by atoms with Crippen LogP contribution in [0.5, 0.6) is 5.75 Å². The third kappa shape index (κ3) is 3.28. The summed E-state index contributed by atoms with van der Waals surface area (Å²) in [5.74, 6) is -1.03. The average molecular weight is 258 g/mol. The average Bonchev–Trinajstić information content (AvgIpc) is 2.27. The molecule has 0 aliphatic heterocycles. The minimum absolute atomic E-state index is 0. The van der Waals surface area contributed by atoms with Crippen LogP contribution in [-0.2, 0) is 5.41 Å². The van der Waals surface area contributed by atoms with E-state index in [1.54, 1.807) is 13.0 Å². The molecule has 0 spiro atoms. The molecule has 1 aromatic rings. The predicted molar refractivity (Wildman–Crippen MR) is 65.1 cm³/mol. The molecule has 0 aromatic heterocycles. The molecular weight excluding hydrogens is 239 g/mol. The van der Waals surface area contributed by atoms with Crippen LogP contribution < -0.4 is 34.7 Å². The number of phenols is 1. The molecular formula is C14H19NaO3. The summed E-state index contributed by atoms with van der Waals surface area (Å²) in [6.07, 6.45) is 1.68. The Balaban J connectivity index is 0.00000289. The van der Waals surface area contributed by atoms with E-state index in [4.69, 9.17) is 0 Å². The van der Waals surface area contributed by atoms with Gasteiger partial charge in [0.2, 0.25) is 0 Å². The van der Waals surface area contributed by atoms with E-state index < -0.39 is 5.97 Å². The van der Waals surface area contributed by atoms with Gasteiger partial charge in [-0.3, -0.25) is 0 Å². The Bertz CT molecular complexity index is 437. The van der Waals surface area contributed by atoms with Crippen molar-refractivity contribution in [2.45, 2.75) is 46.0 Å². The summed E-state index contributed by atoms with van der Waals surface area (Å²) < 4.78 is 0. The van der Waals surface area contributed by atoms with Crippen LogP contribution >= 0.6 is 0 Å². The quantitative estimate of drug-likeness (QED) is 0.715. The van der Waals surface area contributed by atoms with Crippen LogP contribution in [0.4, 0.5) is 0 Å². The number of carboxylic acids is 1. The van der Waals surface area contributed by atoms with Gasteiger partial charge in [0, 0.05) is 11.1 Å². The summed E-state index contributed by atoms with van der Waals surface area (Å²) in [5, 5.41) is 21.0. The van der Waals surface area contributed by atoms with Gasteiger partial charge >= 0.3 is 29.6 Å². The minimum Gasteiger partial charge on any atom is -0.545 e. The monoisotopic (exact) mass is 258 g/mol. The summed E-state index contributed by atoms with van der Waals surface area (Å²) in [5.41, 5.74) is 1.17. The van der Waals surface area contributed by atoms with E-state index in [0.29, 0.717) is 11.1 Å². The van der Waals surface area contributed by atoms with E-state index in [-0.39, 0.29) is 46.3 Å². The molecule has 0 saturated carbocycles. The number of benzene rings is 1. The molecule has 0 amide bonds. The number of aromatic hydroxyl groups is 1.